The lowest BCUT2D eigenvalue weighted by molar-refractivity contribution is 0.107. The summed E-state index contributed by atoms with van der Waals surface area (Å²) in [7, 11) is 0. The molecule has 0 radical (unpaired) electrons. The molecular formula is C16H19N3O. The largest absolute Gasteiger partial charge is 0.372 e. The summed E-state index contributed by atoms with van der Waals surface area (Å²) in [5.41, 5.74) is 4.87. The lowest BCUT2D eigenvalue weighted by atomic mass is 10.1. The van der Waals surface area contributed by atoms with Gasteiger partial charge in [0.1, 0.15) is 11.9 Å². The van der Waals surface area contributed by atoms with Gasteiger partial charge in [-0.15, -0.1) is 0 Å². The van der Waals surface area contributed by atoms with Crippen molar-refractivity contribution in [2.45, 2.75) is 32.3 Å². The van der Waals surface area contributed by atoms with Crippen LogP contribution < -0.4 is 5.32 Å². The van der Waals surface area contributed by atoms with Crippen molar-refractivity contribution < 1.29 is 4.74 Å². The minimum absolute atomic E-state index is 0.190. The second kappa shape index (κ2) is 4.63. The van der Waals surface area contributed by atoms with Gasteiger partial charge < -0.3 is 10.1 Å². The fourth-order valence-electron chi connectivity index (χ4n) is 3.20. The Morgan fingerprint density at radius 3 is 3.15 bits per heavy atom. The zero-order valence-corrected chi connectivity index (χ0v) is 11.7. The highest BCUT2D eigenvalue weighted by molar-refractivity contribution is 5.57. The maximum atomic E-state index is 5.83. The Bertz CT molecular complexity index is 641. The molecule has 1 aromatic heterocycles. The first-order valence-corrected chi connectivity index (χ1v) is 7.37. The molecule has 1 aromatic carbocycles. The van der Waals surface area contributed by atoms with Gasteiger partial charge in [0, 0.05) is 18.7 Å². The highest BCUT2D eigenvalue weighted by Gasteiger charge is 2.30. The first kappa shape index (κ1) is 12.0. The summed E-state index contributed by atoms with van der Waals surface area (Å²) >= 11 is 0. The van der Waals surface area contributed by atoms with Gasteiger partial charge in [0.05, 0.1) is 11.4 Å². The molecule has 2 aromatic rings. The molecule has 1 atom stereocenters. The number of nitrogens with zero attached hydrogens (tertiary/aromatic N) is 2. The highest BCUT2D eigenvalue weighted by Crippen LogP contribution is 2.37. The van der Waals surface area contributed by atoms with Crippen molar-refractivity contribution >= 4 is 5.82 Å². The summed E-state index contributed by atoms with van der Waals surface area (Å²) in [6.45, 7) is 3.98. The molecule has 4 rings (SSSR count). The third-order valence-electron chi connectivity index (χ3n) is 4.16. The predicted octanol–water partition coefficient (Wildman–Crippen LogP) is 3.00. The minimum Gasteiger partial charge on any atom is -0.372 e. The monoisotopic (exact) mass is 269 g/mol. The molecule has 0 amide bonds. The van der Waals surface area contributed by atoms with Gasteiger partial charge >= 0.3 is 0 Å². The van der Waals surface area contributed by atoms with Gasteiger partial charge in [-0.2, -0.15) is 5.10 Å². The third-order valence-corrected chi connectivity index (χ3v) is 4.16. The van der Waals surface area contributed by atoms with Gasteiger partial charge in [-0.3, -0.25) is 0 Å². The second-order valence-electron chi connectivity index (χ2n) is 5.64. The molecular weight excluding hydrogens is 250 g/mol. The van der Waals surface area contributed by atoms with Crippen molar-refractivity contribution in [3.05, 3.63) is 41.1 Å². The fraction of sp³-hybridized carbons (Fsp3) is 0.438. The Balaban J connectivity index is 1.82. The lowest BCUT2D eigenvalue weighted by Crippen LogP contribution is -2.06. The second-order valence-corrected chi connectivity index (χ2v) is 5.64. The van der Waals surface area contributed by atoms with Crippen molar-refractivity contribution in [3.8, 4) is 5.69 Å². The molecule has 4 heteroatoms. The maximum Gasteiger partial charge on any atom is 0.133 e. The van der Waals surface area contributed by atoms with Crippen molar-refractivity contribution in [2.75, 3.05) is 18.5 Å². The maximum absolute atomic E-state index is 5.83. The summed E-state index contributed by atoms with van der Waals surface area (Å²) < 4.78 is 7.88. The van der Waals surface area contributed by atoms with Crippen molar-refractivity contribution in [1.82, 2.24) is 9.78 Å². The molecule has 1 N–H and O–H groups in total. The van der Waals surface area contributed by atoms with Crippen LogP contribution in [0.1, 0.15) is 35.8 Å². The minimum atomic E-state index is 0.190. The van der Waals surface area contributed by atoms with E-state index < -0.39 is 0 Å². The normalized spacial score (nSPS) is 20.9. The molecule has 0 aliphatic carbocycles. The van der Waals surface area contributed by atoms with Gasteiger partial charge in [0.25, 0.3) is 0 Å². The van der Waals surface area contributed by atoms with Crippen LogP contribution in [-0.4, -0.2) is 22.9 Å². The van der Waals surface area contributed by atoms with E-state index in [4.69, 9.17) is 9.84 Å². The van der Waals surface area contributed by atoms with Crippen LogP contribution in [0.2, 0.25) is 0 Å². The van der Waals surface area contributed by atoms with E-state index in [1.807, 2.05) is 4.68 Å². The topological polar surface area (TPSA) is 39.1 Å². The number of fused-ring (bicyclic) bond motifs is 1. The first-order valence-electron chi connectivity index (χ1n) is 7.37. The molecule has 4 nitrogen and oxygen atoms in total. The number of benzene rings is 1. The van der Waals surface area contributed by atoms with Gasteiger partial charge in [-0.05, 0) is 43.9 Å². The Morgan fingerprint density at radius 2 is 2.35 bits per heavy atom. The quantitative estimate of drug-likeness (QED) is 0.911. The fourth-order valence-corrected chi connectivity index (χ4v) is 3.20. The molecule has 20 heavy (non-hydrogen) atoms. The molecule has 0 bridgehead atoms. The van der Waals surface area contributed by atoms with E-state index in [1.165, 1.54) is 11.1 Å². The summed E-state index contributed by atoms with van der Waals surface area (Å²) in [6.07, 6.45) is 3.48. The van der Waals surface area contributed by atoms with E-state index in [9.17, 15) is 0 Å². The number of aryl methyl sites for hydroxylation is 1. The van der Waals surface area contributed by atoms with Gasteiger partial charge in [0.2, 0.25) is 0 Å². The van der Waals surface area contributed by atoms with Crippen LogP contribution in [0, 0.1) is 6.92 Å². The van der Waals surface area contributed by atoms with Crippen molar-refractivity contribution in [2.24, 2.45) is 0 Å². The number of nitrogens with one attached hydrogen (secondary N) is 1. The van der Waals surface area contributed by atoms with E-state index >= 15 is 0 Å². The zero-order chi connectivity index (χ0) is 13.5. The van der Waals surface area contributed by atoms with Crippen LogP contribution in [0.3, 0.4) is 0 Å². The molecule has 3 heterocycles. The summed E-state index contributed by atoms with van der Waals surface area (Å²) in [5.74, 6) is 1.15. The zero-order valence-electron chi connectivity index (χ0n) is 11.7. The SMILES string of the molecule is Cc1cccc(-n2nc(C3CCCO3)c3c2NCC3)c1. The van der Waals surface area contributed by atoms with Gasteiger partial charge in [-0.1, -0.05) is 12.1 Å². The Kier molecular flexibility index (Phi) is 2.77. The highest BCUT2D eigenvalue weighted by atomic mass is 16.5. The van der Waals surface area contributed by atoms with Crippen molar-refractivity contribution in [1.29, 1.82) is 0 Å². The number of ether oxygens (including phenoxy) is 1. The smallest absolute Gasteiger partial charge is 0.133 e. The molecule has 1 saturated heterocycles. The number of aromatic nitrogens is 2. The Labute approximate surface area is 118 Å². The van der Waals surface area contributed by atoms with E-state index in [-0.39, 0.29) is 6.10 Å². The Hall–Kier alpha value is -1.81. The van der Waals surface area contributed by atoms with Crippen LogP contribution >= 0.6 is 0 Å². The summed E-state index contributed by atoms with van der Waals surface area (Å²) in [4.78, 5) is 0. The van der Waals surface area contributed by atoms with E-state index in [2.05, 4.69) is 36.5 Å². The third kappa shape index (κ3) is 1.83. The van der Waals surface area contributed by atoms with Crippen LogP contribution in [-0.2, 0) is 11.2 Å². The molecule has 2 aliphatic rings. The average molecular weight is 269 g/mol. The van der Waals surface area contributed by atoms with Crippen LogP contribution in [0.25, 0.3) is 5.69 Å². The van der Waals surface area contributed by atoms with Gasteiger partial charge in [-0.25, -0.2) is 4.68 Å². The molecule has 104 valence electrons. The number of hydrogen-bond acceptors (Lipinski definition) is 3. The standard InChI is InChI=1S/C16H19N3O/c1-11-4-2-5-12(10-11)19-16-13(7-8-17-16)15(18-19)14-6-3-9-20-14/h2,4-5,10,14,17H,3,6-9H2,1H3. The average Bonchev–Trinajstić information content (AvgIpc) is 3.15. The van der Waals surface area contributed by atoms with E-state index in [0.717, 1.165) is 49.6 Å². The predicted molar refractivity (Wildman–Crippen MR) is 78.4 cm³/mol. The van der Waals surface area contributed by atoms with Gasteiger partial charge in [0.15, 0.2) is 0 Å². The number of rotatable bonds is 2. The van der Waals surface area contributed by atoms with Crippen LogP contribution in [0.15, 0.2) is 24.3 Å². The molecule has 0 spiro atoms. The van der Waals surface area contributed by atoms with E-state index in [1.54, 1.807) is 0 Å². The summed E-state index contributed by atoms with van der Waals surface area (Å²) in [5, 5.41) is 8.33. The lowest BCUT2D eigenvalue weighted by Gasteiger charge is -2.08. The molecule has 1 unspecified atom stereocenters. The molecule has 2 aliphatic heterocycles. The van der Waals surface area contributed by atoms with Crippen LogP contribution in [0.5, 0.6) is 0 Å². The number of hydrogen-bond donors (Lipinski definition) is 1. The molecule has 0 saturated carbocycles. The van der Waals surface area contributed by atoms with Crippen molar-refractivity contribution in [3.63, 3.8) is 0 Å². The molecule has 1 fully saturated rings. The van der Waals surface area contributed by atoms with Crippen LogP contribution in [0.4, 0.5) is 5.82 Å². The number of anilines is 1. The summed E-state index contributed by atoms with van der Waals surface area (Å²) in [6, 6.07) is 8.48. The van der Waals surface area contributed by atoms with E-state index in [0.29, 0.717) is 0 Å². The Morgan fingerprint density at radius 1 is 1.40 bits per heavy atom. The first-order chi connectivity index (χ1) is 9.83.